The van der Waals surface area contributed by atoms with Gasteiger partial charge in [0.1, 0.15) is 11.6 Å². The van der Waals surface area contributed by atoms with Crippen LogP contribution in [0.1, 0.15) is 26.7 Å². The lowest BCUT2D eigenvalue weighted by Gasteiger charge is -2.10. The van der Waals surface area contributed by atoms with Gasteiger partial charge in [0.15, 0.2) is 0 Å². The molecule has 0 radical (unpaired) electrons. The average Bonchev–Trinajstić information content (AvgIpc) is 2.87. The molecular weight excluding hydrogens is 176 g/mol. The first kappa shape index (κ1) is 9.31. The molecule has 0 aliphatic heterocycles. The van der Waals surface area contributed by atoms with Crippen molar-refractivity contribution in [2.45, 2.75) is 38.8 Å². The first-order chi connectivity index (χ1) is 6.74. The lowest BCUT2D eigenvalue weighted by molar-refractivity contribution is 0.303. The molecule has 1 heterocycles. The molecular formula is C11H16N2O. The Morgan fingerprint density at radius 2 is 2.29 bits per heavy atom. The van der Waals surface area contributed by atoms with Gasteiger partial charge in [0.05, 0.1) is 6.10 Å². The molecule has 0 amide bonds. The summed E-state index contributed by atoms with van der Waals surface area (Å²) in [7, 11) is 0. The highest BCUT2D eigenvalue weighted by Crippen LogP contribution is 2.27. The second-order valence-electron chi connectivity index (χ2n) is 3.99. The molecule has 14 heavy (non-hydrogen) atoms. The topological polar surface area (TPSA) is 34.1 Å². The number of aromatic nitrogens is 1. The Morgan fingerprint density at radius 1 is 1.50 bits per heavy atom. The van der Waals surface area contributed by atoms with E-state index < -0.39 is 0 Å². The van der Waals surface area contributed by atoms with Crippen LogP contribution in [0.5, 0.6) is 5.75 Å². The smallest absolute Gasteiger partial charge is 0.129 e. The van der Waals surface area contributed by atoms with Crippen LogP contribution in [0.15, 0.2) is 18.3 Å². The molecule has 0 unspecified atom stereocenters. The van der Waals surface area contributed by atoms with Crippen molar-refractivity contribution in [2.24, 2.45) is 0 Å². The lowest BCUT2D eigenvalue weighted by atomic mass is 10.3. The number of nitrogens with zero attached hydrogens (tertiary/aromatic N) is 1. The minimum atomic E-state index is 0.402. The maximum absolute atomic E-state index is 5.67. The van der Waals surface area contributed by atoms with Crippen molar-refractivity contribution in [1.82, 2.24) is 4.98 Å². The highest BCUT2D eigenvalue weighted by Gasteiger charge is 2.23. The minimum absolute atomic E-state index is 0.402. The van der Waals surface area contributed by atoms with Crippen LogP contribution in [0.2, 0.25) is 0 Å². The second-order valence-corrected chi connectivity index (χ2v) is 3.99. The molecule has 1 fully saturated rings. The van der Waals surface area contributed by atoms with E-state index in [9.17, 15) is 0 Å². The molecule has 1 aliphatic carbocycles. The van der Waals surface area contributed by atoms with E-state index in [1.807, 2.05) is 12.1 Å². The Hall–Kier alpha value is -1.25. The van der Waals surface area contributed by atoms with E-state index in [1.54, 1.807) is 6.20 Å². The molecule has 0 bridgehead atoms. The van der Waals surface area contributed by atoms with E-state index in [-0.39, 0.29) is 0 Å². The summed E-state index contributed by atoms with van der Waals surface area (Å²) in [6.07, 6.45) is 4.61. The summed E-state index contributed by atoms with van der Waals surface area (Å²) in [6.45, 7) is 4.19. The van der Waals surface area contributed by atoms with Crippen molar-refractivity contribution >= 4 is 5.82 Å². The highest BCUT2D eigenvalue weighted by atomic mass is 16.5. The third-order valence-corrected chi connectivity index (χ3v) is 2.00. The monoisotopic (exact) mass is 192 g/mol. The summed E-state index contributed by atoms with van der Waals surface area (Å²) in [5.74, 6) is 1.81. The quantitative estimate of drug-likeness (QED) is 0.795. The van der Waals surface area contributed by atoms with E-state index in [4.69, 9.17) is 4.74 Å². The molecule has 2 rings (SSSR count). The van der Waals surface area contributed by atoms with Crippen LogP contribution in [0.4, 0.5) is 5.82 Å². The molecule has 1 N–H and O–H groups in total. The summed E-state index contributed by atoms with van der Waals surface area (Å²) in [5.41, 5.74) is 0. The van der Waals surface area contributed by atoms with Crippen molar-refractivity contribution in [3.63, 3.8) is 0 Å². The number of hydrogen-bond acceptors (Lipinski definition) is 3. The molecule has 1 aromatic heterocycles. The second kappa shape index (κ2) is 3.86. The predicted molar refractivity (Wildman–Crippen MR) is 56.6 cm³/mol. The number of hydrogen-bond donors (Lipinski definition) is 1. The number of pyridine rings is 1. The van der Waals surface area contributed by atoms with Crippen molar-refractivity contribution in [1.29, 1.82) is 0 Å². The largest absolute Gasteiger partial charge is 0.490 e. The van der Waals surface area contributed by atoms with Crippen LogP contribution in [0.25, 0.3) is 0 Å². The van der Waals surface area contributed by atoms with Gasteiger partial charge >= 0.3 is 0 Å². The molecule has 0 spiro atoms. The molecule has 1 aromatic rings. The van der Waals surface area contributed by atoms with E-state index >= 15 is 0 Å². The zero-order valence-corrected chi connectivity index (χ0v) is 8.66. The number of nitrogens with one attached hydrogen (secondary N) is 1. The van der Waals surface area contributed by atoms with Gasteiger partial charge in [-0.25, -0.2) is 4.98 Å². The minimum Gasteiger partial charge on any atom is -0.490 e. The third-order valence-electron chi connectivity index (χ3n) is 2.00. The molecule has 1 saturated carbocycles. The van der Waals surface area contributed by atoms with Gasteiger partial charge in [-0.05, 0) is 32.8 Å². The van der Waals surface area contributed by atoms with E-state index in [0.29, 0.717) is 12.1 Å². The van der Waals surface area contributed by atoms with Gasteiger partial charge in [0, 0.05) is 18.3 Å². The maximum atomic E-state index is 5.67. The molecule has 0 saturated heterocycles. The van der Waals surface area contributed by atoms with Crippen molar-refractivity contribution in [3.8, 4) is 5.75 Å². The number of rotatable bonds is 4. The molecule has 0 atom stereocenters. The van der Waals surface area contributed by atoms with Crippen molar-refractivity contribution in [3.05, 3.63) is 18.3 Å². The third kappa shape index (κ3) is 2.62. The van der Waals surface area contributed by atoms with Crippen LogP contribution in [-0.2, 0) is 0 Å². The Kier molecular flexibility index (Phi) is 2.57. The van der Waals surface area contributed by atoms with Gasteiger partial charge < -0.3 is 10.1 Å². The summed E-state index contributed by atoms with van der Waals surface area (Å²) in [5, 5.41) is 3.25. The Bertz CT molecular complexity index is 289. The van der Waals surface area contributed by atoms with Gasteiger partial charge in [0.25, 0.3) is 0 Å². The van der Waals surface area contributed by atoms with Crippen molar-refractivity contribution in [2.75, 3.05) is 5.32 Å². The van der Waals surface area contributed by atoms with Crippen LogP contribution < -0.4 is 10.1 Å². The van der Waals surface area contributed by atoms with Gasteiger partial charge in [-0.1, -0.05) is 0 Å². The summed E-state index contributed by atoms with van der Waals surface area (Å²) >= 11 is 0. The van der Waals surface area contributed by atoms with Crippen LogP contribution in [0.3, 0.4) is 0 Å². The Balaban J connectivity index is 2.01. The zero-order valence-electron chi connectivity index (χ0n) is 8.66. The van der Waals surface area contributed by atoms with E-state index in [0.717, 1.165) is 11.6 Å². The Morgan fingerprint density at radius 3 is 2.93 bits per heavy atom. The lowest BCUT2D eigenvalue weighted by Crippen LogP contribution is -2.11. The normalized spacial score (nSPS) is 15.6. The van der Waals surface area contributed by atoms with E-state index in [2.05, 4.69) is 24.1 Å². The molecule has 76 valence electrons. The van der Waals surface area contributed by atoms with E-state index in [1.165, 1.54) is 12.8 Å². The summed E-state index contributed by atoms with van der Waals surface area (Å²) in [4.78, 5) is 4.22. The maximum Gasteiger partial charge on any atom is 0.129 e. The summed E-state index contributed by atoms with van der Waals surface area (Å²) < 4.78 is 5.67. The number of ether oxygens (including phenoxy) is 1. The van der Waals surface area contributed by atoms with Crippen molar-refractivity contribution < 1.29 is 4.74 Å². The van der Waals surface area contributed by atoms with Gasteiger partial charge in [-0.15, -0.1) is 0 Å². The fourth-order valence-electron chi connectivity index (χ4n) is 1.24. The van der Waals surface area contributed by atoms with Gasteiger partial charge in [-0.3, -0.25) is 0 Å². The van der Waals surface area contributed by atoms with Crippen LogP contribution in [-0.4, -0.2) is 17.1 Å². The van der Waals surface area contributed by atoms with Gasteiger partial charge in [-0.2, -0.15) is 0 Å². The summed E-state index contributed by atoms with van der Waals surface area (Å²) in [6, 6.07) is 4.26. The fraction of sp³-hybridized carbons (Fsp3) is 0.545. The van der Waals surface area contributed by atoms with Crippen LogP contribution >= 0.6 is 0 Å². The molecule has 3 nitrogen and oxygen atoms in total. The molecule has 0 aromatic carbocycles. The van der Waals surface area contributed by atoms with Crippen LogP contribution in [0, 0.1) is 0 Å². The SMILES string of the molecule is CC(C)Nc1cc(OC2CC2)ccn1. The molecule has 1 aliphatic rings. The average molecular weight is 192 g/mol. The molecule has 3 heteroatoms. The first-order valence-electron chi connectivity index (χ1n) is 5.13. The highest BCUT2D eigenvalue weighted by molar-refractivity contribution is 5.41. The first-order valence-corrected chi connectivity index (χ1v) is 5.13. The number of anilines is 1. The fourth-order valence-corrected chi connectivity index (χ4v) is 1.24. The standard InChI is InChI=1S/C11H16N2O/c1-8(2)13-11-7-10(5-6-12-11)14-9-3-4-9/h5-9H,3-4H2,1-2H3,(H,12,13). The zero-order chi connectivity index (χ0) is 9.97. The Labute approximate surface area is 84.5 Å². The van der Waals surface area contributed by atoms with Gasteiger partial charge in [0.2, 0.25) is 0 Å². The predicted octanol–water partition coefficient (Wildman–Crippen LogP) is 2.44.